The number of nitrogens with zero attached hydrogens (tertiary/aromatic N) is 4. The number of hydrogen-bond donors (Lipinski definition) is 1. The number of likely N-dealkylation sites (N-methyl/N-ethyl adjacent to an activating group) is 1. The largest absolute Gasteiger partial charge is 0.337 e. The Hall–Kier alpha value is -1.76. The summed E-state index contributed by atoms with van der Waals surface area (Å²) in [5.74, 6) is 0.562. The zero-order valence-electron chi connectivity index (χ0n) is 9.67. The van der Waals surface area contributed by atoms with Crippen molar-refractivity contribution in [1.82, 2.24) is 15.3 Å². The maximum atomic E-state index is 10.5. The first kappa shape index (κ1) is 11.7. The molecule has 0 radical (unpaired) electrons. The predicted molar refractivity (Wildman–Crippen MR) is 63.0 cm³/mol. The molecule has 0 amide bonds. The molecule has 0 aliphatic carbocycles. The molecule has 1 N–H and O–H groups in total. The van der Waals surface area contributed by atoms with Crippen molar-refractivity contribution in [2.45, 2.75) is 19.4 Å². The lowest BCUT2D eigenvalue weighted by molar-refractivity contribution is -0.385. The lowest BCUT2D eigenvalue weighted by Gasteiger charge is -2.26. The van der Waals surface area contributed by atoms with Crippen LogP contribution in [0.15, 0.2) is 12.4 Å². The van der Waals surface area contributed by atoms with E-state index in [0.29, 0.717) is 12.0 Å². The summed E-state index contributed by atoms with van der Waals surface area (Å²) in [6.07, 6.45) is 3.56. The first-order chi connectivity index (χ1) is 8.22. The molecule has 1 aliphatic heterocycles. The highest BCUT2D eigenvalue weighted by Gasteiger charge is 2.23. The molecule has 7 heteroatoms. The Bertz CT molecular complexity index is 388. The normalized spacial score (nSPS) is 19.2. The molecule has 1 aliphatic rings. The zero-order chi connectivity index (χ0) is 12.3. The standard InChI is InChI=1S/C10H15N5O2/c1-2-14(8-3-4-11-5-8)10-12-6-9(7-13-10)15(16)17/h6-8,11H,2-5H2,1H3. The van der Waals surface area contributed by atoms with E-state index in [1.54, 1.807) is 0 Å². The van der Waals surface area contributed by atoms with Gasteiger partial charge in [0.05, 0.1) is 4.92 Å². The number of hydrogen-bond acceptors (Lipinski definition) is 6. The van der Waals surface area contributed by atoms with Crippen LogP contribution in [0.1, 0.15) is 13.3 Å². The van der Waals surface area contributed by atoms with Crippen LogP contribution in [0.25, 0.3) is 0 Å². The zero-order valence-corrected chi connectivity index (χ0v) is 9.67. The van der Waals surface area contributed by atoms with Crippen molar-refractivity contribution in [2.24, 2.45) is 0 Å². The quantitative estimate of drug-likeness (QED) is 0.609. The summed E-state index contributed by atoms with van der Waals surface area (Å²) in [4.78, 5) is 20.2. The van der Waals surface area contributed by atoms with E-state index in [0.717, 1.165) is 26.1 Å². The smallest absolute Gasteiger partial charge is 0.305 e. The first-order valence-electron chi connectivity index (χ1n) is 5.66. The fourth-order valence-electron chi connectivity index (χ4n) is 2.03. The maximum absolute atomic E-state index is 10.5. The molecule has 1 aromatic heterocycles. The second kappa shape index (κ2) is 5.05. The van der Waals surface area contributed by atoms with Gasteiger partial charge in [0, 0.05) is 19.1 Å². The SMILES string of the molecule is CCN(c1ncc([N+](=O)[O-])cn1)C1CCNC1. The van der Waals surface area contributed by atoms with Crippen LogP contribution >= 0.6 is 0 Å². The molecule has 0 saturated carbocycles. The van der Waals surface area contributed by atoms with Gasteiger partial charge in [-0.05, 0) is 19.9 Å². The molecular formula is C10H15N5O2. The van der Waals surface area contributed by atoms with Gasteiger partial charge in [0.1, 0.15) is 12.4 Å². The van der Waals surface area contributed by atoms with Crippen LogP contribution in [0.5, 0.6) is 0 Å². The Kier molecular flexibility index (Phi) is 3.48. The Morgan fingerprint density at radius 3 is 2.76 bits per heavy atom. The van der Waals surface area contributed by atoms with Gasteiger partial charge in [-0.1, -0.05) is 0 Å². The van der Waals surface area contributed by atoms with Crippen LogP contribution in [0.4, 0.5) is 11.6 Å². The Morgan fingerprint density at radius 2 is 2.29 bits per heavy atom. The van der Waals surface area contributed by atoms with Gasteiger partial charge in [0.2, 0.25) is 5.95 Å². The molecule has 1 saturated heterocycles. The van der Waals surface area contributed by atoms with Gasteiger partial charge in [0.15, 0.2) is 0 Å². The van der Waals surface area contributed by atoms with E-state index < -0.39 is 4.92 Å². The molecule has 0 bridgehead atoms. The number of nitro groups is 1. The van der Waals surface area contributed by atoms with Crippen molar-refractivity contribution < 1.29 is 4.92 Å². The van der Waals surface area contributed by atoms with Crippen molar-refractivity contribution in [3.8, 4) is 0 Å². The molecule has 1 unspecified atom stereocenters. The summed E-state index contributed by atoms with van der Waals surface area (Å²) >= 11 is 0. The van der Waals surface area contributed by atoms with Crippen LogP contribution in [-0.2, 0) is 0 Å². The summed E-state index contributed by atoms with van der Waals surface area (Å²) in [5, 5.41) is 13.8. The van der Waals surface area contributed by atoms with Crippen LogP contribution in [0.3, 0.4) is 0 Å². The van der Waals surface area contributed by atoms with Crippen molar-refractivity contribution >= 4 is 11.6 Å². The maximum Gasteiger partial charge on any atom is 0.305 e. The van der Waals surface area contributed by atoms with E-state index in [1.165, 1.54) is 12.4 Å². The molecule has 92 valence electrons. The summed E-state index contributed by atoms with van der Waals surface area (Å²) in [5.41, 5.74) is -0.0747. The number of nitrogens with one attached hydrogen (secondary N) is 1. The first-order valence-corrected chi connectivity index (χ1v) is 5.66. The van der Waals surface area contributed by atoms with Gasteiger partial charge in [-0.25, -0.2) is 9.97 Å². The fourth-order valence-corrected chi connectivity index (χ4v) is 2.03. The van der Waals surface area contributed by atoms with Gasteiger partial charge in [0.25, 0.3) is 0 Å². The molecule has 0 spiro atoms. The number of anilines is 1. The monoisotopic (exact) mass is 237 g/mol. The lowest BCUT2D eigenvalue weighted by atomic mass is 10.2. The molecule has 0 aromatic carbocycles. The molecule has 2 heterocycles. The Balaban J connectivity index is 2.16. The summed E-state index contributed by atoms with van der Waals surface area (Å²) in [6.45, 7) is 4.73. The summed E-state index contributed by atoms with van der Waals surface area (Å²) in [6, 6.07) is 0.376. The van der Waals surface area contributed by atoms with Gasteiger partial charge in [-0.15, -0.1) is 0 Å². The van der Waals surface area contributed by atoms with Crippen LogP contribution in [0.2, 0.25) is 0 Å². The third-order valence-corrected chi connectivity index (χ3v) is 2.91. The molecule has 1 atom stereocenters. The highest BCUT2D eigenvalue weighted by atomic mass is 16.6. The predicted octanol–water partition coefficient (Wildman–Crippen LogP) is 0.573. The summed E-state index contributed by atoms with van der Waals surface area (Å²) in [7, 11) is 0. The van der Waals surface area contributed by atoms with E-state index >= 15 is 0 Å². The average molecular weight is 237 g/mol. The third kappa shape index (κ3) is 2.50. The van der Waals surface area contributed by atoms with Crippen LogP contribution < -0.4 is 10.2 Å². The van der Waals surface area contributed by atoms with Crippen molar-refractivity contribution in [1.29, 1.82) is 0 Å². The molecule has 1 fully saturated rings. The Morgan fingerprint density at radius 1 is 1.59 bits per heavy atom. The molecule has 1 aromatic rings. The lowest BCUT2D eigenvalue weighted by Crippen LogP contribution is -2.37. The van der Waals surface area contributed by atoms with Crippen LogP contribution in [-0.4, -0.2) is 40.6 Å². The van der Waals surface area contributed by atoms with Crippen LogP contribution in [0, 0.1) is 10.1 Å². The van der Waals surface area contributed by atoms with Gasteiger partial charge in [-0.3, -0.25) is 10.1 Å². The molecular weight excluding hydrogens is 222 g/mol. The van der Waals surface area contributed by atoms with E-state index in [1.807, 2.05) is 6.92 Å². The fraction of sp³-hybridized carbons (Fsp3) is 0.600. The van der Waals surface area contributed by atoms with Crippen molar-refractivity contribution in [3.63, 3.8) is 0 Å². The van der Waals surface area contributed by atoms with Gasteiger partial charge in [-0.2, -0.15) is 0 Å². The van der Waals surface area contributed by atoms with Gasteiger partial charge < -0.3 is 10.2 Å². The third-order valence-electron chi connectivity index (χ3n) is 2.91. The van der Waals surface area contributed by atoms with Crippen molar-refractivity contribution in [2.75, 3.05) is 24.5 Å². The summed E-state index contributed by atoms with van der Waals surface area (Å²) < 4.78 is 0. The molecule has 7 nitrogen and oxygen atoms in total. The van der Waals surface area contributed by atoms with E-state index in [9.17, 15) is 10.1 Å². The van der Waals surface area contributed by atoms with E-state index in [2.05, 4.69) is 20.2 Å². The molecule has 17 heavy (non-hydrogen) atoms. The van der Waals surface area contributed by atoms with Crippen molar-refractivity contribution in [3.05, 3.63) is 22.5 Å². The molecule has 2 rings (SSSR count). The average Bonchev–Trinajstić information content (AvgIpc) is 2.84. The topological polar surface area (TPSA) is 84.2 Å². The second-order valence-electron chi connectivity index (χ2n) is 3.93. The van der Waals surface area contributed by atoms with E-state index in [4.69, 9.17) is 0 Å². The number of aromatic nitrogens is 2. The highest BCUT2D eigenvalue weighted by Crippen LogP contribution is 2.17. The minimum Gasteiger partial charge on any atom is -0.337 e. The second-order valence-corrected chi connectivity index (χ2v) is 3.93. The highest BCUT2D eigenvalue weighted by molar-refractivity contribution is 5.35. The number of rotatable bonds is 4. The minimum absolute atomic E-state index is 0.0747. The van der Waals surface area contributed by atoms with Gasteiger partial charge >= 0.3 is 5.69 Å². The van der Waals surface area contributed by atoms with E-state index in [-0.39, 0.29) is 5.69 Å². The Labute approximate surface area is 99.0 Å². The minimum atomic E-state index is -0.489.